The highest BCUT2D eigenvalue weighted by atomic mass is 16.5. The zero-order chi connectivity index (χ0) is 11.6. The Bertz CT molecular complexity index is 224. The lowest BCUT2D eigenvalue weighted by molar-refractivity contribution is 0.123. The maximum absolute atomic E-state index is 5.54. The normalized spacial score (nSPS) is 15.9. The van der Waals surface area contributed by atoms with E-state index in [1.165, 1.54) is 12.8 Å². The van der Waals surface area contributed by atoms with Crippen LogP contribution in [-0.4, -0.2) is 39.3 Å². The van der Waals surface area contributed by atoms with Gasteiger partial charge in [0, 0.05) is 33.4 Å². The van der Waals surface area contributed by atoms with Crippen LogP contribution in [-0.2, 0) is 4.74 Å². The van der Waals surface area contributed by atoms with E-state index in [1.807, 2.05) is 6.08 Å². The van der Waals surface area contributed by atoms with Gasteiger partial charge in [-0.05, 0) is 25.2 Å². The second-order valence-corrected chi connectivity index (χ2v) is 4.04. The molecule has 0 radical (unpaired) electrons. The van der Waals surface area contributed by atoms with E-state index in [9.17, 15) is 0 Å². The van der Waals surface area contributed by atoms with Crippen molar-refractivity contribution in [3.63, 3.8) is 0 Å². The van der Waals surface area contributed by atoms with Crippen LogP contribution in [0.15, 0.2) is 17.6 Å². The first-order valence-electron chi connectivity index (χ1n) is 6.00. The third-order valence-corrected chi connectivity index (χ3v) is 2.45. The Hall–Kier alpha value is -1.03. The minimum Gasteiger partial charge on any atom is -0.381 e. The molecule has 0 aromatic rings. The number of hydrogen-bond donors (Lipinski definition) is 2. The van der Waals surface area contributed by atoms with Gasteiger partial charge in [-0.1, -0.05) is 6.08 Å². The van der Waals surface area contributed by atoms with E-state index in [0.29, 0.717) is 0 Å². The van der Waals surface area contributed by atoms with E-state index in [1.54, 1.807) is 7.05 Å². The lowest BCUT2D eigenvalue weighted by Crippen LogP contribution is -2.38. The van der Waals surface area contributed by atoms with Crippen LogP contribution in [0, 0.1) is 5.92 Å². The van der Waals surface area contributed by atoms with Crippen molar-refractivity contribution >= 4 is 5.96 Å². The van der Waals surface area contributed by atoms with Crippen molar-refractivity contribution in [2.24, 2.45) is 10.9 Å². The summed E-state index contributed by atoms with van der Waals surface area (Å²) in [4.78, 5) is 4.09. The molecule has 1 rings (SSSR count). The summed E-state index contributed by atoms with van der Waals surface area (Å²) < 4.78 is 5.54. The molecule has 1 saturated carbocycles. The number of rotatable bonds is 8. The van der Waals surface area contributed by atoms with Crippen LogP contribution in [0.2, 0.25) is 0 Å². The Morgan fingerprint density at radius 2 is 2.31 bits per heavy atom. The van der Waals surface area contributed by atoms with Gasteiger partial charge in [0.2, 0.25) is 0 Å². The minimum atomic E-state index is 0.734. The molecule has 1 aliphatic carbocycles. The number of ether oxygens (including phenoxy) is 1. The predicted molar refractivity (Wildman–Crippen MR) is 67.7 cm³/mol. The van der Waals surface area contributed by atoms with Gasteiger partial charge in [0.25, 0.3) is 0 Å². The molecule has 0 atom stereocenters. The molecule has 0 saturated heterocycles. The zero-order valence-corrected chi connectivity index (χ0v) is 10.2. The predicted octanol–water partition coefficient (Wildman–Crippen LogP) is 1.15. The lowest BCUT2D eigenvalue weighted by atomic mass is 10.4. The van der Waals surface area contributed by atoms with Crippen molar-refractivity contribution in [3.8, 4) is 0 Å². The van der Waals surface area contributed by atoms with Crippen molar-refractivity contribution < 1.29 is 4.74 Å². The van der Waals surface area contributed by atoms with Crippen LogP contribution in [0.5, 0.6) is 0 Å². The van der Waals surface area contributed by atoms with E-state index in [2.05, 4.69) is 22.2 Å². The molecule has 0 spiro atoms. The fourth-order valence-electron chi connectivity index (χ4n) is 1.30. The highest BCUT2D eigenvalue weighted by Gasteiger charge is 2.20. The maximum Gasteiger partial charge on any atom is 0.191 e. The fraction of sp³-hybridized carbons (Fsp3) is 0.750. The summed E-state index contributed by atoms with van der Waals surface area (Å²) in [6, 6.07) is 0. The summed E-state index contributed by atoms with van der Waals surface area (Å²) in [5, 5.41) is 6.34. The first-order chi connectivity index (χ1) is 7.86. The number of hydrogen-bond acceptors (Lipinski definition) is 2. The van der Waals surface area contributed by atoms with E-state index in [4.69, 9.17) is 4.74 Å². The van der Waals surface area contributed by atoms with Gasteiger partial charge < -0.3 is 15.4 Å². The third kappa shape index (κ3) is 6.45. The van der Waals surface area contributed by atoms with Crippen LogP contribution < -0.4 is 10.6 Å². The highest BCUT2D eigenvalue weighted by molar-refractivity contribution is 5.79. The average molecular weight is 225 g/mol. The van der Waals surface area contributed by atoms with E-state index in [-0.39, 0.29) is 0 Å². The molecular formula is C12H23N3O. The summed E-state index contributed by atoms with van der Waals surface area (Å²) in [7, 11) is 1.77. The van der Waals surface area contributed by atoms with Gasteiger partial charge in [0.05, 0.1) is 0 Å². The third-order valence-electron chi connectivity index (χ3n) is 2.45. The first-order valence-corrected chi connectivity index (χ1v) is 6.00. The molecule has 0 heterocycles. The van der Waals surface area contributed by atoms with Gasteiger partial charge in [-0.3, -0.25) is 4.99 Å². The van der Waals surface area contributed by atoms with Crippen LogP contribution in [0.4, 0.5) is 0 Å². The highest BCUT2D eigenvalue weighted by Crippen LogP contribution is 2.28. The summed E-state index contributed by atoms with van der Waals surface area (Å²) in [5.41, 5.74) is 0. The second kappa shape index (κ2) is 8.16. The summed E-state index contributed by atoms with van der Waals surface area (Å²) in [6.45, 7) is 7.05. The molecule has 0 amide bonds. The molecule has 0 bridgehead atoms. The molecule has 0 aromatic carbocycles. The fourth-order valence-corrected chi connectivity index (χ4v) is 1.30. The molecule has 0 aliphatic heterocycles. The Kier molecular flexibility index (Phi) is 6.65. The molecule has 1 fully saturated rings. The Morgan fingerprint density at radius 3 is 2.94 bits per heavy atom. The van der Waals surface area contributed by atoms with Crippen molar-refractivity contribution in [2.75, 3.05) is 33.4 Å². The van der Waals surface area contributed by atoms with Crippen LogP contribution in [0.3, 0.4) is 0 Å². The quantitative estimate of drug-likeness (QED) is 0.282. The monoisotopic (exact) mass is 225 g/mol. The molecule has 92 valence electrons. The van der Waals surface area contributed by atoms with Gasteiger partial charge in [-0.25, -0.2) is 0 Å². The molecular weight excluding hydrogens is 202 g/mol. The SMILES string of the molecule is C=CCNC(=NC)NCCCOCC1CC1. The summed E-state index contributed by atoms with van der Waals surface area (Å²) in [5.74, 6) is 1.68. The summed E-state index contributed by atoms with van der Waals surface area (Å²) >= 11 is 0. The Balaban J connectivity index is 1.89. The van der Waals surface area contributed by atoms with Crippen molar-refractivity contribution in [1.82, 2.24) is 10.6 Å². The first kappa shape index (κ1) is 13.0. The summed E-state index contributed by atoms with van der Waals surface area (Å²) in [6.07, 6.45) is 5.54. The zero-order valence-electron chi connectivity index (χ0n) is 10.2. The van der Waals surface area contributed by atoms with Crippen molar-refractivity contribution in [1.29, 1.82) is 0 Å². The number of guanidine groups is 1. The maximum atomic E-state index is 5.54. The molecule has 0 aromatic heterocycles. The second-order valence-electron chi connectivity index (χ2n) is 4.04. The van der Waals surface area contributed by atoms with Crippen molar-refractivity contribution in [3.05, 3.63) is 12.7 Å². The number of aliphatic imine (C=N–C) groups is 1. The van der Waals surface area contributed by atoms with E-state index in [0.717, 1.165) is 44.6 Å². The molecule has 2 N–H and O–H groups in total. The van der Waals surface area contributed by atoms with Gasteiger partial charge in [-0.15, -0.1) is 6.58 Å². The molecule has 16 heavy (non-hydrogen) atoms. The Morgan fingerprint density at radius 1 is 1.50 bits per heavy atom. The van der Waals surface area contributed by atoms with Gasteiger partial charge in [-0.2, -0.15) is 0 Å². The van der Waals surface area contributed by atoms with E-state index < -0.39 is 0 Å². The van der Waals surface area contributed by atoms with Gasteiger partial charge in [0.15, 0.2) is 5.96 Å². The Labute approximate surface area is 98.2 Å². The van der Waals surface area contributed by atoms with E-state index >= 15 is 0 Å². The lowest BCUT2D eigenvalue weighted by Gasteiger charge is -2.10. The average Bonchev–Trinajstić information content (AvgIpc) is 3.11. The van der Waals surface area contributed by atoms with Gasteiger partial charge in [0.1, 0.15) is 0 Å². The largest absolute Gasteiger partial charge is 0.381 e. The number of nitrogens with one attached hydrogen (secondary N) is 2. The van der Waals surface area contributed by atoms with Crippen LogP contribution in [0.25, 0.3) is 0 Å². The molecule has 4 heteroatoms. The standard InChI is InChI=1S/C12H23N3O/c1-3-7-14-12(13-2)15-8-4-9-16-10-11-5-6-11/h3,11H,1,4-10H2,2H3,(H2,13,14,15). The minimum absolute atomic E-state index is 0.734. The number of nitrogens with zero attached hydrogens (tertiary/aromatic N) is 1. The smallest absolute Gasteiger partial charge is 0.191 e. The topological polar surface area (TPSA) is 45.7 Å². The molecule has 1 aliphatic rings. The van der Waals surface area contributed by atoms with Crippen molar-refractivity contribution in [2.45, 2.75) is 19.3 Å². The van der Waals surface area contributed by atoms with Crippen LogP contribution in [0.1, 0.15) is 19.3 Å². The van der Waals surface area contributed by atoms with Crippen LogP contribution >= 0.6 is 0 Å². The molecule has 0 unspecified atom stereocenters. The van der Waals surface area contributed by atoms with Gasteiger partial charge >= 0.3 is 0 Å². The molecule has 4 nitrogen and oxygen atoms in total.